The van der Waals surface area contributed by atoms with Crippen LogP contribution in [0.4, 0.5) is 0 Å². The number of ketones is 1. The van der Waals surface area contributed by atoms with E-state index in [1.54, 1.807) is 6.20 Å². The molecule has 0 amide bonds. The van der Waals surface area contributed by atoms with Gasteiger partial charge in [0.1, 0.15) is 0 Å². The highest BCUT2D eigenvalue weighted by Crippen LogP contribution is 2.19. The van der Waals surface area contributed by atoms with E-state index >= 15 is 0 Å². The minimum Gasteiger partial charge on any atom is -0.321 e. The number of nitrogens with zero attached hydrogens (tertiary/aromatic N) is 1. The van der Waals surface area contributed by atoms with Gasteiger partial charge in [-0.1, -0.05) is 32.0 Å². The number of carbonyl (C=O) groups is 1. The highest BCUT2D eigenvalue weighted by Gasteiger charge is 2.18. The van der Waals surface area contributed by atoms with E-state index in [1.165, 1.54) is 0 Å². The number of rotatable bonds is 4. The van der Waals surface area contributed by atoms with E-state index in [4.69, 9.17) is 5.73 Å². The average molecular weight is 242 g/mol. The number of hydrogen-bond donors (Lipinski definition) is 1. The lowest BCUT2D eigenvalue weighted by atomic mass is 9.94. The Morgan fingerprint density at radius 2 is 2.06 bits per heavy atom. The minimum absolute atomic E-state index is 0.00213. The molecule has 0 spiro atoms. The van der Waals surface area contributed by atoms with Crippen LogP contribution >= 0.6 is 0 Å². The van der Waals surface area contributed by atoms with Crippen LogP contribution in [-0.2, 0) is 0 Å². The Bertz CT molecular complexity index is 558. The summed E-state index contributed by atoms with van der Waals surface area (Å²) in [4.78, 5) is 16.6. The first kappa shape index (κ1) is 12.7. The lowest BCUT2D eigenvalue weighted by molar-refractivity contribution is 0.0952. The second kappa shape index (κ2) is 5.27. The van der Waals surface area contributed by atoms with Crippen molar-refractivity contribution in [3.05, 3.63) is 42.1 Å². The summed E-state index contributed by atoms with van der Waals surface area (Å²) >= 11 is 0. The summed E-state index contributed by atoms with van der Waals surface area (Å²) in [5.74, 6) is 0.416. The van der Waals surface area contributed by atoms with E-state index in [1.807, 2.05) is 30.3 Å². The Hall–Kier alpha value is -1.74. The van der Waals surface area contributed by atoms with Gasteiger partial charge in [-0.05, 0) is 24.5 Å². The monoisotopic (exact) mass is 242 g/mol. The molecule has 1 aromatic heterocycles. The largest absolute Gasteiger partial charge is 0.321 e. The van der Waals surface area contributed by atoms with Crippen molar-refractivity contribution in [2.75, 3.05) is 0 Å². The van der Waals surface area contributed by atoms with Crippen LogP contribution in [0.5, 0.6) is 0 Å². The van der Waals surface area contributed by atoms with Crippen LogP contribution in [0.3, 0.4) is 0 Å². The maximum atomic E-state index is 12.3. The summed E-state index contributed by atoms with van der Waals surface area (Å²) in [7, 11) is 0. The second-order valence-electron chi connectivity index (χ2n) is 4.98. The summed E-state index contributed by atoms with van der Waals surface area (Å²) in [6.07, 6.45) is 2.43. The fourth-order valence-electron chi connectivity index (χ4n) is 2.13. The van der Waals surface area contributed by atoms with E-state index in [9.17, 15) is 4.79 Å². The molecule has 1 aromatic carbocycles. The summed E-state index contributed by atoms with van der Waals surface area (Å²) in [6, 6.07) is 8.90. The van der Waals surface area contributed by atoms with Crippen molar-refractivity contribution in [2.24, 2.45) is 11.7 Å². The van der Waals surface area contributed by atoms with E-state index in [2.05, 4.69) is 18.8 Å². The topological polar surface area (TPSA) is 56.0 Å². The van der Waals surface area contributed by atoms with E-state index in [-0.39, 0.29) is 5.78 Å². The smallest absolute Gasteiger partial charge is 0.180 e. The second-order valence-corrected chi connectivity index (χ2v) is 4.98. The molecule has 1 unspecified atom stereocenters. The molecule has 0 radical (unpaired) electrons. The van der Waals surface area contributed by atoms with Gasteiger partial charge in [-0.15, -0.1) is 0 Å². The molecule has 2 N–H and O–H groups in total. The zero-order valence-corrected chi connectivity index (χ0v) is 10.8. The van der Waals surface area contributed by atoms with Gasteiger partial charge in [0.15, 0.2) is 5.78 Å². The number of pyridine rings is 1. The van der Waals surface area contributed by atoms with Gasteiger partial charge in [0.05, 0.1) is 11.6 Å². The maximum Gasteiger partial charge on any atom is 0.180 e. The molecule has 0 saturated heterocycles. The Kier molecular flexibility index (Phi) is 3.72. The van der Waals surface area contributed by atoms with Crippen molar-refractivity contribution in [3.63, 3.8) is 0 Å². The highest BCUT2D eigenvalue weighted by molar-refractivity contribution is 6.09. The molecule has 2 aromatic rings. The van der Waals surface area contributed by atoms with Crippen molar-refractivity contribution >= 4 is 16.7 Å². The quantitative estimate of drug-likeness (QED) is 0.839. The fourth-order valence-corrected chi connectivity index (χ4v) is 2.13. The summed E-state index contributed by atoms with van der Waals surface area (Å²) < 4.78 is 0. The minimum atomic E-state index is -0.434. The molecular formula is C15H18N2O. The molecule has 3 heteroatoms. The van der Waals surface area contributed by atoms with Crippen LogP contribution in [0.15, 0.2) is 36.5 Å². The van der Waals surface area contributed by atoms with E-state index in [0.717, 1.165) is 10.9 Å². The number of hydrogen-bond acceptors (Lipinski definition) is 3. The van der Waals surface area contributed by atoms with Gasteiger partial charge < -0.3 is 5.73 Å². The van der Waals surface area contributed by atoms with Gasteiger partial charge in [-0.2, -0.15) is 0 Å². The standard InChI is InChI=1S/C15H18N2O/c1-10(2)9-13(16)15(18)12-5-3-7-14-11(12)6-4-8-17-14/h3-8,10,13H,9,16H2,1-2H3. The van der Waals surface area contributed by atoms with Crippen molar-refractivity contribution in [2.45, 2.75) is 26.3 Å². The Morgan fingerprint density at radius 1 is 1.28 bits per heavy atom. The number of Topliss-reactive ketones (excluding diaryl/α,β-unsaturated/α-hetero) is 1. The van der Waals surface area contributed by atoms with Gasteiger partial charge in [-0.3, -0.25) is 9.78 Å². The summed E-state index contributed by atoms with van der Waals surface area (Å²) in [5, 5.41) is 0.879. The molecule has 0 bridgehead atoms. The van der Waals surface area contributed by atoms with Gasteiger partial charge in [-0.25, -0.2) is 0 Å². The molecule has 1 atom stereocenters. The zero-order chi connectivity index (χ0) is 13.1. The van der Waals surface area contributed by atoms with Crippen LogP contribution < -0.4 is 5.73 Å². The van der Waals surface area contributed by atoms with Crippen LogP contribution in [-0.4, -0.2) is 16.8 Å². The normalized spacial score (nSPS) is 12.9. The number of benzene rings is 1. The third-order valence-electron chi connectivity index (χ3n) is 2.97. The van der Waals surface area contributed by atoms with Gasteiger partial charge in [0.2, 0.25) is 0 Å². The van der Waals surface area contributed by atoms with Crippen LogP contribution in [0.25, 0.3) is 10.9 Å². The maximum absolute atomic E-state index is 12.3. The molecule has 0 aliphatic heterocycles. The molecule has 18 heavy (non-hydrogen) atoms. The number of nitrogens with two attached hydrogens (primary N) is 1. The van der Waals surface area contributed by atoms with Crippen molar-refractivity contribution in [1.29, 1.82) is 0 Å². The third kappa shape index (κ3) is 2.57. The lowest BCUT2D eigenvalue weighted by Gasteiger charge is -2.14. The van der Waals surface area contributed by atoms with Gasteiger partial charge >= 0.3 is 0 Å². The Balaban J connectivity index is 2.39. The predicted octanol–water partition coefficient (Wildman–Crippen LogP) is 2.79. The molecule has 0 saturated carbocycles. The molecular weight excluding hydrogens is 224 g/mol. The summed E-state index contributed by atoms with van der Waals surface area (Å²) in [5.41, 5.74) is 7.48. The third-order valence-corrected chi connectivity index (χ3v) is 2.97. The molecule has 0 aliphatic carbocycles. The lowest BCUT2D eigenvalue weighted by Crippen LogP contribution is -2.32. The van der Waals surface area contributed by atoms with Gasteiger partial charge in [0, 0.05) is 17.1 Å². The Morgan fingerprint density at radius 3 is 2.78 bits per heavy atom. The molecule has 1 heterocycles. The first-order valence-corrected chi connectivity index (χ1v) is 6.23. The molecule has 94 valence electrons. The van der Waals surface area contributed by atoms with Crippen molar-refractivity contribution < 1.29 is 4.79 Å². The molecule has 0 fully saturated rings. The van der Waals surface area contributed by atoms with Crippen LogP contribution in [0.1, 0.15) is 30.6 Å². The van der Waals surface area contributed by atoms with E-state index in [0.29, 0.717) is 17.9 Å². The fraction of sp³-hybridized carbons (Fsp3) is 0.333. The van der Waals surface area contributed by atoms with Crippen LogP contribution in [0.2, 0.25) is 0 Å². The molecule has 3 nitrogen and oxygen atoms in total. The van der Waals surface area contributed by atoms with E-state index < -0.39 is 6.04 Å². The summed E-state index contributed by atoms with van der Waals surface area (Å²) in [6.45, 7) is 4.13. The Labute approximate surface area is 107 Å². The average Bonchev–Trinajstić information content (AvgIpc) is 2.36. The number of fused-ring (bicyclic) bond motifs is 1. The zero-order valence-electron chi connectivity index (χ0n) is 10.8. The highest BCUT2D eigenvalue weighted by atomic mass is 16.1. The number of carbonyl (C=O) groups excluding carboxylic acids is 1. The molecule has 2 rings (SSSR count). The van der Waals surface area contributed by atoms with Crippen molar-refractivity contribution in [1.82, 2.24) is 4.98 Å². The predicted molar refractivity (Wildman–Crippen MR) is 73.5 cm³/mol. The first-order valence-electron chi connectivity index (χ1n) is 6.23. The van der Waals surface area contributed by atoms with Gasteiger partial charge in [0.25, 0.3) is 0 Å². The first-order chi connectivity index (χ1) is 8.59. The van der Waals surface area contributed by atoms with Crippen molar-refractivity contribution in [3.8, 4) is 0 Å². The SMILES string of the molecule is CC(C)CC(N)C(=O)c1cccc2ncccc12. The molecule has 0 aliphatic rings. The van der Waals surface area contributed by atoms with Crippen LogP contribution in [0, 0.1) is 5.92 Å². The number of aromatic nitrogens is 1.